The number of hydrogen-bond acceptors (Lipinski definition) is 4. The predicted octanol–water partition coefficient (Wildman–Crippen LogP) is 3.35. The monoisotopic (exact) mass is 342 g/mol. The molecule has 116 valence electrons. The zero-order valence-electron chi connectivity index (χ0n) is 11.8. The second-order valence-corrected chi connectivity index (χ2v) is 5.37. The predicted molar refractivity (Wildman–Crippen MR) is 83.4 cm³/mol. The van der Waals surface area contributed by atoms with Crippen LogP contribution in [0.15, 0.2) is 18.2 Å². The van der Waals surface area contributed by atoms with Gasteiger partial charge in [-0.1, -0.05) is 29.3 Å². The standard InChI is InChI=1S/C13H12Cl2N4O3/c1-7-13(19(21)22)8(2)18(17-7)6-11(20)16-10-5-3-4-9(14)12(10)15/h3-5H,6H2,1-2H3,(H,16,20). The van der Waals surface area contributed by atoms with Gasteiger partial charge in [0.05, 0.1) is 20.7 Å². The number of nitro groups is 1. The normalized spacial score (nSPS) is 10.5. The van der Waals surface area contributed by atoms with Crippen LogP contribution in [0, 0.1) is 24.0 Å². The number of nitrogens with zero attached hydrogens (tertiary/aromatic N) is 3. The minimum atomic E-state index is -0.514. The number of aromatic nitrogens is 2. The summed E-state index contributed by atoms with van der Waals surface area (Å²) in [6.07, 6.45) is 0. The Hall–Kier alpha value is -2.12. The molecular formula is C13H12Cl2N4O3. The van der Waals surface area contributed by atoms with Gasteiger partial charge in [-0.15, -0.1) is 0 Å². The van der Waals surface area contributed by atoms with Crippen LogP contribution < -0.4 is 5.32 Å². The van der Waals surface area contributed by atoms with Crippen LogP contribution in [0.3, 0.4) is 0 Å². The molecule has 1 aromatic carbocycles. The number of amides is 1. The molecule has 0 radical (unpaired) electrons. The first-order chi connectivity index (χ1) is 10.3. The minimum absolute atomic E-state index is 0.0893. The summed E-state index contributed by atoms with van der Waals surface area (Å²) in [6.45, 7) is 2.90. The van der Waals surface area contributed by atoms with Gasteiger partial charge in [-0.3, -0.25) is 19.6 Å². The van der Waals surface area contributed by atoms with E-state index in [1.807, 2.05) is 0 Å². The molecule has 0 aliphatic heterocycles. The molecule has 0 saturated heterocycles. The number of anilines is 1. The number of nitrogens with one attached hydrogen (secondary N) is 1. The van der Waals surface area contributed by atoms with Gasteiger partial charge >= 0.3 is 5.69 Å². The summed E-state index contributed by atoms with van der Waals surface area (Å²) < 4.78 is 1.28. The van der Waals surface area contributed by atoms with E-state index in [9.17, 15) is 14.9 Å². The average Bonchev–Trinajstić information content (AvgIpc) is 2.69. The number of carbonyl (C=O) groups excluding carboxylic acids is 1. The Morgan fingerprint density at radius 3 is 2.68 bits per heavy atom. The topological polar surface area (TPSA) is 90.1 Å². The van der Waals surface area contributed by atoms with E-state index < -0.39 is 10.8 Å². The van der Waals surface area contributed by atoms with Gasteiger partial charge in [0.2, 0.25) is 5.91 Å². The summed E-state index contributed by atoms with van der Waals surface area (Å²) in [4.78, 5) is 22.5. The first-order valence-corrected chi connectivity index (χ1v) is 6.99. The first-order valence-electron chi connectivity index (χ1n) is 6.23. The number of carbonyl (C=O) groups is 1. The summed E-state index contributed by atoms with van der Waals surface area (Å²) in [5.74, 6) is -0.412. The molecule has 1 N–H and O–H groups in total. The van der Waals surface area contributed by atoms with E-state index in [0.717, 1.165) is 0 Å². The molecule has 22 heavy (non-hydrogen) atoms. The molecule has 1 aromatic heterocycles. The second-order valence-electron chi connectivity index (χ2n) is 4.58. The van der Waals surface area contributed by atoms with Crippen molar-refractivity contribution in [2.75, 3.05) is 5.32 Å². The zero-order valence-corrected chi connectivity index (χ0v) is 13.3. The number of halogens is 2. The fraction of sp³-hybridized carbons (Fsp3) is 0.231. The van der Waals surface area contributed by atoms with Crippen LogP contribution in [0.4, 0.5) is 11.4 Å². The molecule has 0 unspecified atom stereocenters. The van der Waals surface area contributed by atoms with Crippen LogP contribution in [0.5, 0.6) is 0 Å². The van der Waals surface area contributed by atoms with Gasteiger partial charge in [0.25, 0.3) is 0 Å². The van der Waals surface area contributed by atoms with Crippen molar-refractivity contribution in [1.82, 2.24) is 9.78 Å². The van der Waals surface area contributed by atoms with E-state index in [-0.39, 0.29) is 22.9 Å². The van der Waals surface area contributed by atoms with E-state index in [1.165, 1.54) is 18.5 Å². The van der Waals surface area contributed by atoms with Crippen molar-refractivity contribution in [1.29, 1.82) is 0 Å². The van der Waals surface area contributed by atoms with E-state index in [0.29, 0.717) is 16.4 Å². The second kappa shape index (κ2) is 6.33. The number of rotatable bonds is 4. The van der Waals surface area contributed by atoms with E-state index in [1.54, 1.807) is 18.2 Å². The van der Waals surface area contributed by atoms with Crippen LogP contribution in [-0.2, 0) is 11.3 Å². The summed E-state index contributed by atoms with van der Waals surface area (Å²) in [6, 6.07) is 4.86. The van der Waals surface area contributed by atoms with Crippen LogP contribution in [0.25, 0.3) is 0 Å². The molecule has 2 aromatic rings. The largest absolute Gasteiger partial charge is 0.323 e. The van der Waals surface area contributed by atoms with E-state index in [4.69, 9.17) is 23.2 Å². The lowest BCUT2D eigenvalue weighted by Gasteiger charge is -2.08. The Morgan fingerprint density at radius 1 is 1.41 bits per heavy atom. The quantitative estimate of drug-likeness (QED) is 0.681. The van der Waals surface area contributed by atoms with Gasteiger partial charge in [-0.05, 0) is 26.0 Å². The van der Waals surface area contributed by atoms with Gasteiger partial charge in [-0.2, -0.15) is 5.10 Å². The highest BCUT2D eigenvalue weighted by Crippen LogP contribution is 2.29. The Bertz CT molecular complexity index is 758. The maximum absolute atomic E-state index is 12.0. The summed E-state index contributed by atoms with van der Waals surface area (Å²) in [5, 5.41) is 18.1. The molecule has 9 heteroatoms. The van der Waals surface area contributed by atoms with Crippen molar-refractivity contribution in [3.8, 4) is 0 Å². The zero-order chi connectivity index (χ0) is 16.4. The summed E-state index contributed by atoms with van der Waals surface area (Å²) >= 11 is 11.8. The summed E-state index contributed by atoms with van der Waals surface area (Å²) in [5.41, 5.74) is 0.856. The molecule has 0 bridgehead atoms. The fourth-order valence-corrected chi connectivity index (χ4v) is 2.38. The summed E-state index contributed by atoms with van der Waals surface area (Å²) in [7, 11) is 0. The van der Waals surface area contributed by atoms with Crippen molar-refractivity contribution in [2.24, 2.45) is 0 Å². The fourth-order valence-electron chi connectivity index (χ4n) is 2.03. The minimum Gasteiger partial charge on any atom is -0.323 e. The van der Waals surface area contributed by atoms with Crippen molar-refractivity contribution >= 4 is 40.5 Å². The van der Waals surface area contributed by atoms with Crippen molar-refractivity contribution in [3.63, 3.8) is 0 Å². The maximum atomic E-state index is 12.0. The molecular weight excluding hydrogens is 331 g/mol. The number of benzene rings is 1. The maximum Gasteiger partial charge on any atom is 0.312 e. The van der Waals surface area contributed by atoms with Gasteiger partial charge < -0.3 is 5.32 Å². The third-order valence-corrected chi connectivity index (χ3v) is 3.86. The SMILES string of the molecule is Cc1nn(CC(=O)Nc2cccc(Cl)c2Cl)c(C)c1[N+](=O)[O-]. The Kier molecular flexibility index (Phi) is 4.68. The lowest BCUT2D eigenvalue weighted by molar-refractivity contribution is -0.386. The first kappa shape index (κ1) is 16.3. The number of aryl methyl sites for hydroxylation is 1. The molecule has 1 heterocycles. The van der Waals surface area contributed by atoms with Crippen LogP contribution in [0.1, 0.15) is 11.4 Å². The molecule has 2 rings (SSSR count). The van der Waals surface area contributed by atoms with E-state index >= 15 is 0 Å². The molecule has 0 saturated carbocycles. The molecule has 0 aliphatic carbocycles. The average molecular weight is 343 g/mol. The molecule has 0 spiro atoms. The Morgan fingerprint density at radius 2 is 2.09 bits per heavy atom. The van der Waals surface area contributed by atoms with Gasteiger partial charge in [0.1, 0.15) is 17.9 Å². The number of hydrogen-bond donors (Lipinski definition) is 1. The Balaban J connectivity index is 2.18. The lowest BCUT2D eigenvalue weighted by atomic mass is 10.3. The smallest absolute Gasteiger partial charge is 0.312 e. The van der Waals surface area contributed by atoms with Crippen molar-refractivity contribution in [3.05, 3.63) is 49.7 Å². The molecule has 0 aliphatic rings. The van der Waals surface area contributed by atoms with Crippen molar-refractivity contribution in [2.45, 2.75) is 20.4 Å². The third-order valence-electron chi connectivity index (χ3n) is 3.04. The van der Waals surface area contributed by atoms with E-state index in [2.05, 4.69) is 10.4 Å². The third kappa shape index (κ3) is 3.20. The van der Waals surface area contributed by atoms with Crippen LogP contribution >= 0.6 is 23.2 Å². The highest BCUT2D eigenvalue weighted by Gasteiger charge is 2.22. The molecule has 1 amide bonds. The molecule has 0 fully saturated rings. The molecule has 7 nitrogen and oxygen atoms in total. The molecule has 0 atom stereocenters. The van der Waals surface area contributed by atoms with Gasteiger partial charge in [0, 0.05) is 0 Å². The Labute approximate surface area is 136 Å². The van der Waals surface area contributed by atoms with Crippen molar-refractivity contribution < 1.29 is 9.72 Å². The van der Waals surface area contributed by atoms with Gasteiger partial charge in [-0.25, -0.2) is 0 Å². The van der Waals surface area contributed by atoms with Gasteiger partial charge in [0.15, 0.2) is 0 Å². The van der Waals surface area contributed by atoms with Crippen LogP contribution in [0.2, 0.25) is 10.0 Å². The highest BCUT2D eigenvalue weighted by atomic mass is 35.5. The lowest BCUT2D eigenvalue weighted by Crippen LogP contribution is -2.20. The van der Waals surface area contributed by atoms with Crippen LogP contribution in [-0.4, -0.2) is 20.6 Å². The highest BCUT2D eigenvalue weighted by molar-refractivity contribution is 6.43.